The van der Waals surface area contributed by atoms with Gasteiger partial charge < -0.3 is 24.3 Å². The Bertz CT molecular complexity index is 1130. The molecule has 0 unspecified atom stereocenters. The van der Waals surface area contributed by atoms with Crippen LogP contribution >= 0.6 is 0 Å². The minimum Gasteiger partial charge on any atom is -0.507 e. The molecule has 0 fully saturated rings. The van der Waals surface area contributed by atoms with Gasteiger partial charge in [0.05, 0.1) is 12.7 Å². The normalized spacial score (nSPS) is 14.9. The lowest BCUT2D eigenvalue weighted by Crippen LogP contribution is -2.23. The summed E-state index contributed by atoms with van der Waals surface area (Å²) in [5.74, 6) is 0.662. The smallest absolute Gasteiger partial charge is 0.197 e. The summed E-state index contributed by atoms with van der Waals surface area (Å²) in [6, 6.07) is 9.70. The van der Waals surface area contributed by atoms with Crippen LogP contribution in [0.3, 0.4) is 0 Å². The quantitative estimate of drug-likeness (QED) is 0.724. The summed E-state index contributed by atoms with van der Waals surface area (Å²) >= 11 is 0. The Labute approximate surface area is 161 Å². The van der Waals surface area contributed by atoms with E-state index in [1.165, 1.54) is 12.1 Å². The molecule has 2 heterocycles. The molecule has 0 bridgehead atoms. The molecule has 0 spiro atoms. The maximum atomic E-state index is 12.8. The van der Waals surface area contributed by atoms with E-state index in [2.05, 4.69) is 4.90 Å². The third kappa shape index (κ3) is 3.12. The van der Waals surface area contributed by atoms with Gasteiger partial charge in [0.2, 0.25) is 0 Å². The minimum absolute atomic E-state index is 0.0740. The maximum Gasteiger partial charge on any atom is 0.197 e. The first-order chi connectivity index (χ1) is 13.5. The third-order valence-electron chi connectivity index (χ3n) is 5.07. The average molecular weight is 379 g/mol. The molecule has 0 amide bonds. The van der Waals surface area contributed by atoms with E-state index in [0.29, 0.717) is 29.1 Å². The van der Waals surface area contributed by atoms with Crippen molar-refractivity contribution in [2.45, 2.75) is 6.42 Å². The Morgan fingerprint density at radius 3 is 2.50 bits per heavy atom. The van der Waals surface area contributed by atoms with Crippen LogP contribution in [0.1, 0.15) is 12.0 Å². The van der Waals surface area contributed by atoms with Crippen molar-refractivity contribution in [2.75, 3.05) is 27.2 Å². The Morgan fingerprint density at radius 1 is 1.11 bits per heavy atom. The van der Waals surface area contributed by atoms with E-state index >= 15 is 0 Å². The molecule has 0 radical (unpaired) electrons. The Hall–Kier alpha value is -3.25. The number of methoxy groups -OCH3 is 1. The van der Waals surface area contributed by atoms with Gasteiger partial charge >= 0.3 is 0 Å². The molecule has 144 valence electrons. The van der Waals surface area contributed by atoms with Crippen LogP contribution in [-0.2, 0) is 0 Å². The van der Waals surface area contributed by atoms with E-state index in [4.69, 9.17) is 9.15 Å². The lowest BCUT2D eigenvalue weighted by molar-refractivity contribution is 0.369. The number of phenols is 2. The number of nitrogens with zero attached hydrogens (tertiary/aromatic N) is 1. The van der Waals surface area contributed by atoms with Crippen LogP contribution in [0, 0.1) is 0 Å². The molecule has 0 atom stereocenters. The molecule has 2 N–H and O–H groups in total. The van der Waals surface area contributed by atoms with Crippen LogP contribution in [0.15, 0.2) is 51.7 Å². The Morgan fingerprint density at radius 2 is 1.86 bits per heavy atom. The molecule has 0 saturated carbocycles. The number of likely N-dealkylation sites (N-methyl/N-ethyl adjacent to an activating group) is 1. The molecular formula is C22H21NO5. The number of phenolic OH excluding ortho intramolecular Hbond substituents is 2. The number of fused-ring (bicyclic) bond motifs is 1. The fourth-order valence-electron chi connectivity index (χ4n) is 3.51. The van der Waals surface area contributed by atoms with Gasteiger partial charge in [-0.25, -0.2) is 0 Å². The lowest BCUT2D eigenvalue weighted by atomic mass is 9.96. The van der Waals surface area contributed by atoms with Crippen molar-refractivity contribution in [1.29, 1.82) is 0 Å². The topological polar surface area (TPSA) is 83.1 Å². The molecular weight excluding hydrogens is 358 g/mol. The fraction of sp³-hybridized carbons (Fsp3) is 0.227. The van der Waals surface area contributed by atoms with Crippen LogP contribution in [0.2, 0.25) is 0 Å². The minimum atomic E-state index is -0.362. The van der Waals surface area contributed by atoms with E-state index in [-0.39, 0.29) is 27.9 Å². The van der Waals surface area contributed by atoms with E-state index in [9.17, 15) is 15.0 Å². The first kappa shape index (κ1) is 18.1. The summed E-state index contributed by atoms with van der Waals surface area (Å²) in [5, 5.41) is 20.9. The summed E-state index contributed by atoms with van der Waals surface area (Å²) in [6.07, 6.45) is 2.72. The van der Waals surface area contributed by atoms with Gasteiger partial charge in [0.1, 0.15) is 28.4 Å². The first-order valence-electron chi connectivity index (χ1n) is 9.03. The molecule has 3 aromatic rings. The second-order valence-electron chi connectivity index (χ2n) is 6.94. The van der Waals surface area contributed by atoms with Gasteiger partial charge in [0, 0.05) is 30.8 Å². The van der Waals surface area contributed by atoms with Gasteiger partial charge in [-0.1, -0.05) is 6.08 Å². The zero-order valence-corrected chi connectivity index (χ0v) is 15.7. The zero-order valence-electron chi connectivity index (χ0n) is 15.7. The van der Waals surface area contributed by atoms with Crippen LogP contribution in [-0.4, -0.2) is 42.4 Å². The van der Waals surface area contributed by atoms with E-state index in [1.54, 1.807) is 31.4 Å². The van der Waals surface area contributed by atoms with E-state index in [1.807, 2.05) is 13.1 Å². The number of hydrogen-bond donors (Lipinski definition) is 2. The second kappa shape index (κ2) is 7.05. The number of rotatable bonds is 3. The van der Waals surface area contributed by atoms with Crippen molar-refractivity contribution in [1.82, 2.24) is 4.90 Å². The second-order valence-corrected chi connectivity index (χ2v) is 6.94. The third-order valence-corrected chi connectivity index (χ3v) is 5.07. The highest BCUT2D eigenvalue weighted by Gasteiger charge is 2.22. The molecule has 1 aromatic heterocycles. The number of aromatic hydroxyl groups is 2. The molecule has 4 rings (SSSR count). The van der Waals surface area contributed by atoms with Gasteiger partial charge in [0.15, 0.2) is 11.0 Å². The van der Waals surface area contributed by atoms with Crippen molar-refractivity contribution in [3.05, 3.63) is 58.3 Å². The molecule has 6 nitrogen and oxygen atoms in total. The van der Waals surface area contributed by atoms with Crippen molar-refractivity contribution < 1.29 is 19.4 Å². The number of hydrogen-bond acceptors (Lipinski definition) is 6. The molecule has 1 aliphatic heterocycles. The Balaban J connectivity index is 1.96. The van der Waals surface area contributed by atoms with Crippen molar-refractivity contribution in [3.63, 3.8) is 0 Å². The summed E-state index contributed by atoms with van der Waals surface area (Å²) in [4.78, 5) is 14.9. The SMILES string of the molecule is COc1ccc(-c2cc(=O)c3c(O)cc(O)c(C4=CCN(C)CC4)c3o2)cc1. The summed E-state index contributed by atoms with van der Waals surface area (Å²) < 4.78 is 11.2. The van der Waals surface area contributed by atoms with Crippen LogP contribution in [0.5, 0.6) is 17.2 Å². The van der Waals surface area contributed by atoms with Gasteiger partial charge in [-0.3, -0.25) is 4.79 Å². The van der Waals surface area contributed by atoms with Crippen molar-refractivity contribution in [3.8, 4) is 28.6 Å². The highest BCUT2D eigenvalue weighted by atomic mass is 16.5. The summed E-state index contributed by atoms with van der Waals surface area (Å²) in [7, 11) is 3.60. The first-order valence-corrected chi connectivity index (χ1v) is 9.03. The van der Waals surface area contributed by atoms with Crippen LogP contribution < -0.4 is 10.2 Å². The van der Waals surface area contributed by atoms with Crippen molar-refractivity contribution >= 4 is 16.5 Å². The van der Waals surface area contributed by atoms with Gasteiger partial charge in [-0.15, -0.1) is 0 Å². The fourth-order valence-corrected chi connectivity index (χ4v) is 3.51. The molecule has 1 aliphatic rings. The van der Waals surface area contributed by atoms with E-state index in [0.717, 1.165) is 18.7 Å². The van der Waals surface area contributed by atoms with Gasteiger partial charge in [0.25, 0.3) is 0 Å². The molecule has 28 heavy (non-hydrogen) atoms. The molecule has 2 aromatic carbocycles. The number of benzene rings is 2. The zero-order chi connectivity index (χ0) is 19.8. The average Bonchev–Trinajstić information content (AvgIpc) is 2.68. The monoisotopic (exact) mass is 379 g/mol. The highest BCUT2D eigenvalue weighted by molar-refractivity contribution is 5.96. The van der Waals surface area contributed by atoms with Crippen molar-refractivity contribution in [2.24, 2.45) is 0 Å². The molecule has 6 heteroatoms. The largest absolute Gasteiger partial charge is 0.507 e. The number of ether oxygens (including phenoxy) is 1. The predicted molar refractivity (Wildman–Crippen MR) is 108 cm³/mol. The summed E-state index contributed by atoms with van der Waals surface area (Å²) in [5.41, 5.74) is 1.90. The highest BCUT2D eigenvalue weighted by Crippen LogP contribution is 2.40. The van der Waals surface area contributed by atoms with Crippen LogP contribution in [0.25, 0.3) is 27.9 Å². The Kier molecular flexibility index (Phi) is 4.57. The predicted octanol–water partition coefficient (Wildman–Crippen LogP) is 3.60. The lowest BCUT2D eigenvalue weighted by Gasteiger charge is -2.23. The van der Waals surface area contributed by atoms with Crippen LogP contribution in [0.4, 0.5) is 0 Å². The maximum absolute atomic E-state index is 12.8. The van der Waals surface area contributed by atoms with Gasteiger partial charge in [-0.2, -0.15) is 0 Å². The van der Waals surface area contributed by atoms with Gasteiger partial charge in [-0.05, 0) is 43.3 Å². The summed E-state index contributed by atoms with van der Waals surface area (Å²) in [6.45, 7) is 1.57. The standard InChI is InChI=1S/C22H21NO5/c1-23-9-7-14(8-10-23)20-16(24)11-17(25)21-18(26)12-19(28-22(20)21)13-3-5-15(27-2)6-4-13/h3-7,11-12,24-25H,8-10H2,1-2H3. The molecule has 0 saturated heterocycles. The van der Waals surface area contributed by atoms with E-state index < -0.39 is 0 Å². The molecule has 0 aliphatic carbocycles.